The Morgan fingerprint density at radius 3 is 2.77 bits per heavy atom. The molecule has 2 aromatic rings. The lowest BCUT2D eigenvalue weighted by Gasteiger charge is -2.10. The van der Waals surface area contributed by atoms with Crippen LogP contribution >= 0.6 is 15.9 Å². The van der Waals surface area contributed by atoms with Gasteiger partial charge in [0.15, 0.2) is 11.5 Å². The number of nitrogens with zero attached hydrogens (tertiary/aromatic N) is 2. The fourth-order valence-corrected chi connectivity index (χ4v) is 2.40. The van der Waals surface area contributed by atoms with E-state index in [1.807, 2.05) is 0 Å². The van der Waals surface area contributed by atoms with Gasteiger partial charge in [-0.05, 0) is 29.5 Å². The first-order valence-corrected chi connectivity index (χ1v) is 6.92. The Morgan fingerprint density at radius 1 is 1.23 bits per heavy atom. The van der Waals surface area contributed by atoms with Gasteiger partial charge in [0, 0.05) is 22.8 Å². The maximum atomic E-state index is 12.0. The Morgan fingerprint density at radius 2 is 2.00 bits per heavy atom. The number of rotatable bonds is 3. The number of aliphatic imine (C=N–C) groups is 1. The zero-order valence-corrected chi connectivity index (χ0v) is 12.6. The summed E-state index contributed by atoms with van der Waals surface area (Å²) in [5, 5.41) is 22.8. The topological polar surface area (TPSA) is 97.0 Å². The maximum absolute atomic E-state index is 12.0. The van der Waals surface area contributed by atoms with Crippen molar-refractivity contribution in [2.75, 3.05) is 6.79 Å². The van der Waals surface area contributed by atoms with E-state index in [1.54, 1.807) is 18.2 Å². The van der Waals surface area contributed by atoms with Gasteiger partial charge < -0.3 is 14.6 Å². The van der Waals surface area contributed by atoms with E-state index in [4.69, 9.17) is 9.47 Å². The van der Waals surface area contributed by atoms with Crippen LogP contribution in [0.1, 0.15) is 5.56 Å². The van der Waals surface area contributed by atoms with Crippen LogP contribution in [-0.4, -0.2) is 17.9 Å². The molecule has 0 spiro atoms. The molecule has 1 aliphatic rings. The Hall–Kier alpha value is -2.61. The summed E-state index contributed by atoms with van der Waals surface area (Å²) < 4.78 is 10.9. The molecule has 0 unspecified atom stereocenters. The van der Waals surface area contributed by atoms with Crippen LogP contribution in [0.15, 0.2) is 39.8 Å². The fraction of sp³-hybridized carbons (Fsp3) is 0.0714. The first-order valence-electron chi connectivity index (χ1n) is 6.13. The maximum Gasteiger partial charge on any atom is 0.263 e. The highest BCUT2D eigenvalue weighted by Gasteiger charge is 2.13. The van der Waals surface area contributed by atoms with Gasteiger partial charge in [0.25, 0.3) is 5.69 Å². The minimum absolute atomic E-state index is 0.124. The SMILES string of the molecule is O=[N+]([O-])c1cc(Br)cc(C=Nc2ccc3c(c2)OCO3)c1[O-]. The molecule has 1 aliphatic heterocycles. The van der Waals surface area contributed by atoms with Gasteiger partial charge in [0.2, 0.25) is 6.79 Å². The predicted octanol–water partition coefficient (Wildman–Crippen LogP) is 2.91. The largest absolute Gasteiger partial charge is 0.867 e. The van der Waals surface area contributed by atoms with Crippen molar-refractivity contribution in [3.8, 4) is 17.2 Å². The number of hydrogen-bond acceptors (Lipinski definition) is 6. The minimum atomic E-state index is -0.717. The predicted molar refractivity (Wildman–Crippen MR) is 80.1 cm³/mol. The number of halogens is 1. The summed E-state index contributed by atoms with van der Waals surface area (Å²) in [6.45, 7) is 0.158. The van der Waals surface area contributed by atoms with Crippen LogP contribution in [-0.2, 0) is 0 Å². The van der Waals surface area contributed by atoms with Gasteiger partial charge in [-0.1, -0.05) is 15.9 Å². The van der Waals surface area contributed by atoms with E-state index in [9.17, 15) is 15.2 Å². The molecule has 0 aromatic heterocycles. The van der Waals surface area contributed by atoms with Crippen molar-refractivity contribution >= 4 is 33.5 Å². The molecule has 112 valence electrons. The standard InChI is InChI=1S/C14H9BrN2O5/c15-9-3-8(14(18)11(4-9)17(19)20)6-16-10-1-2-12-13(5-10)22-7-21-12/h1-6,18H,7H2/p-1. The van der Waals surface area contributed by atoms with Crippen LogP contribution in [0, 0.1) is 10.1 Å². The highest BCUT2D eigenvalue weighted by atomic mass is 79.9. The van der Waals surface area contributed by atoms with Crippen LogP contribution < -0.4 is 14.6 Å². The lowest BCUT2D eigenvalue weighted by molar-refractivity contribution is -0.398. The van der Waals surface area contributed by atoms with E-state index in [-0.39, 0.29) is 12.4 Å². The van der Waals surface area contributed by atoms with Gasteiger partial charge in [-0.15, -0.1) is 0 Å². The van der Waals surface area contributed by atoms with Gasteiger partial charge in [0.05, 0.1) is 10.6 Å². The fourth-order valence-electron chi connectivity index (χ4n) is 1.94. The van der Waals surface area contributed by atoms with Gasteiger partial charge in [-0.25, -0.2) is 0 Å². The molecule has 0 bridgehead atoms. The first kappa shape index (κ1) is 14.3. The van der Waals surface area contributed by atoms with Crippen molar-refractivity contribution in [1.29, 1.82) is 0 Å². The summed E-state index contributed by atoms with van der Waals surface area (Å²) in [5.74, 6) is 0.511. The van der Waals surface area contributed by atoms with E-state index < -0.39 is 16.4 Å². The summed E-state index contributed by atoms with van der Waals surface area (Å²) in [6.07, 6.45) is 1.29. The number of benzene rings is 2. The monoisotopic (exact) mass is 363 g/mol. The quantitative estimate of drug-likeness (QED) is 0.474. The molecular weight excluding hydrogens is 356 g/mol. The van der Waals surface area contributed by atoms with E-state index >= 15 is 0 Å². The summed E-state index contributed by atoms with van der Waals surface area (Å²) in [5.41, 5.74) is 0.173. The average molecular weight is 364 g/mol. The summed E-state index contributed by atoms with van der Waals surface area (Å²) in [7, 11) is 0. The van der Waals surface area contributed by atoms with Crippen LogP contribution in [0.4, 0.5) is 11.4 Å². The molecule has 0 amide bonds. The molecule has 2 aromatic carbocycles. The highest BCUT2D eigenvalue weighted by Crippen LogP contribution is 2.35. The lowest BCUT2D eigenvalue weighted by Crippen LogP contribution is -2.02. The third-order valence-corrected chi connectivity index (χ3v) is 3.43. The minimum Gasteiger partial charge on any atom is -0.867 e. The molecule has 0 saturated carbocycles. The van der Waals surface area contributed by atoms with Crippen molar-refractivity contribution < 1.29 is 19.5 Å². The third kappa shape index (κ3) is 2.73. The molecule has 0 saturated heterocycles. The van der Waals surface area contributed by atoms with Gasteiger partial charge in [-0.3, -0.25) is 15.1 Å². The van der Waals surface area contributed by atoms with E-state index in [2.05, 4.69) is 20.9 Å². The second-order valence-electron chi connectivity index (χ2n) is 4.40. The summed E-state index contributed by atoms with van der Waals surface area (Å²) >= 11 is 3.14. The van der Waals surface area contributed by atoms with Crippen LogP contribution in [0.5, 0.6) is 17.2 Å². The normalized spacial score (nSPS) is 12.8. The van der Waals surface area contributed by atoms with Crippen molar-refractivity contribution in [3.05, 3.63) is 50.5 Å². The van der Waals surface area contributed by atoms with Crippen molar-refractivity contribution in [3.63, 3.8) is 0 Å². The van der Waals surface area contributed by atoms with Crippen molar-refractivity contribution in [1.82, 2.24) is 0 Å². The number of ether oxygens (including phenoxy) is 2. The second kappa shape index (κ2) is 5.64. The molecule has 0 fully saturated rings. The smallest absolute Gasteiger partial charge is 0.263 e. The molecule has 0 atom stereocenters. The molecule has 8 heteroatoms. The Balaban J connectivity index is 1.94. The van der Waals surface area contributed by atoms with Crippen LogP contribution in [0.3, 0.4) is 0 Å². The number of nitro groups is 1. The molecule has 1 heterocycles. The second-order valence-corrected chi connectivity index (χ2v) is 5.31. The van der Waals surface area contributed by atoms with Gasteiger partial charge >= 0.3 is 0 Å². The Kier molecular flexibility index (Phi) is 3.68. The molecule has 7 nitrogen and oxygen atoms in total. The van der Waals surface area contributed by atoms with E-state index in [0.717, 1.165) is 0 Å². The summed E-state index contributed by atoms with van der Waals surface area (Å²) in [6, 6.07) is 7.71. The third-order valence-electron chi connectivity index (χ3n) is 2.97. The van der Waals surface area contributed by atoms with E-state index in [1.165, 1.54) is 18.3 Å². The zero-order valence-electron chi connectivity index (χ0n) is 11.0. The number of fused-ring (bicyclic) bond motifs is 1. The van der Waals surface area contributed by atoms with Crippen LogP contribution in [0.25, 0.3) is 0 Å². The van der Waals surface area contributed by atoms with Crippen LogP contribution in [0.2, 0.25) is 0 Å². The van der Waals surface area contributed by atoms with Gasteiger partial charge in [0.1, 0.15) is 0 Å². The van der Waals surface area contributed by atoms with Gasteiger partial charge in [-0.2, -0.15) is 0 Å². The molecule has 0 aliphatic carbocycles. The Bertz CT molecular complexity index is 791. The van der Waals surface area contributed by atoms with E-state index in [0.29, 0.717) is 21.7 Å². The van der Waals surface area contributed by atoms with Crippen molar-refractivity contribution in [2.24, 2.45) is 4.99 Å². The number of nitro benzene ring substituents is 1. The Labute approximate surface area is 133 Å². The zero-order chi connectivity index (χ0) is 15.7. The number of hydrogen-bond donors (Lipinski definition) is 0. The summed E-state index contributed by atoms with van der Waals surface area (Å²) in [4.78, 5) is 14.3. The average Bonchev–Trinajstić information content (AvgIpc) is 2.95. The van der Waals surface area contributed by atoms with Crippen molar-refractivity contribution in [2.45, 2.75) is 0 Å². The molecule has 0 N–H and O–H groups in total. The lowest BCUT2D eigenvalue weighted by atomic mass is 10.2. The first-order chi connectivity index (χ1) is 10.5. The molecule has 22 heavy (non-hydrogen) atoms. The molecular formula is C14H8BrN2O5-. The molecule has 3 rings (SSSR count). The molecule has 0 radical (unpaired) electrons. The highest BCUT2D eigenvalue weighted by molar-refractivity contribution is 9.10.